The van der Waals surface area contributed by atoms with Crippen LogP contribution in [0, 0.1) is 5.92 Å². The van der Waals surface area contributed by atoms with Crippen LogP contribution >= 0.6 is 0 Å². The highest BCUT2D eigenvalue weighted by molar-refractivity contribution is 5.68. The zero-order chi connectivity index (χ0) is 13.6. The second-order valence-electron chi connectivity index (χ2n) is 5.53. The molecule has 17 heavy (non-hydrogen) atoms. The summed E-state index contributed by atoms with van der Waals surface area (Å²) in [6, 6.07) is 0. The highest BCUT2D eigenvalue weighted by Crippen LogP contribution is 2.15. The normalized spacial score (nSPS) is 12.1. The van der Waals surface area contributed by atoms with E-state index in [0.717, 1.165) is 6.54 Å². The van der Waals surface area contributed by atoms with Crippen molar-refractivity contribution in [3.8, 4) is 0 Å². The number of ether oxygens (including phenoxy) is 1. The lowest BCUT2D eigenvalue weighted by atomic mass is 10.1. The molecule has 0 heterocycles. The Morgan fingerprint density at radius 2 is 1.82 bits per heavy atom. The average Bonchev–Trinajstić information content (AvgIpc) is 2.12. The van der Waals surface area contributed by atoms with Gasteiger partial charge in [0.15, 0.2) is 0 Å². The van der Waals surface area contributed by atoms with Crippen LogP contribution in [0.3, 0.4) is 0 Å². The maximum atomic E-state index is 12.1. The lowest BCUT2D eigenvalue weighted by molar-refractivity contribution is 0.0272. The highest BCUT2D eigenvalue weighted by atomic mass is 16.6. The smallest absolute Gasteiger partial charge is 0.411 e. The molecule has 1 amide bonds. The summed E-state index contributed by atoms with van der Waals surface area (Å²) in [4.78, 5) is 13.8. The molecule has 4 nitrogen and oxygen atoms in total. The first kappa shape index (κ1) is 16.2. The number of carbonyl (C=O) groups is 1. The molecule has 0 aliphatic carbocycles. The topological polar surface area (TPSA) is 41.6 Å². The Labute approximate surface area is 106 Å². The van der Waals surface area contributed by atoms with E-state index in [4.69, 9.17) is 4.74 Å². The predicted molar refractivity (Wildman–Crippen MR) is 70.9 cm³/mol. The van der Waals surface area contributed by atoms with Crippen molar-refractivity contribution in [3.63, 3.8) is 0 Å². The van der Waals surface area contributed by atoms with Crippen LogP contribution in [0.25, 0.3) is 0 Å². The molecule has 0 aliphatic heterocycles. The number of hydrogen-bond donors (Lipinski definition) is 1. The molecule has 1 N–H and O–H groups in total. The van der Waals surface area contributed by atoms with Gasteiger partial charge in [0.25, 0.3) is 0 Å². The van der Waals surface area contributed by atoms with Gasteiger partial charge in [-0.25, -0.2) is 4.79 Å². The van der Waals surface area contributed by atoms with Crippen molar-refractivity contribution in [3.05, 3.63) is 0 Å². The Balaban J connectivity index is 4.79. The minimum absolute atomic E-state index is 0.0883. The van der Waals surface area contributed by atoms with E-state index >= 15 is 0 Å². The molecule has 0 spiro atoms. The monoisotopic (exact) mass is 244 g/mol. The first-order valence-corrected chi connectivity index (χ1v) is 6.44. The Bertz CT molecular complexity index is 238. The molecule has 0 saturated heterocycles. The lowest BCUT2D eigenvalue weighted by Gasteiger charge is -2.39. The second-order valence-corrected chi connectivity index (χ2v) is 5.53. The van der Waals surface area contributed by atoms with Crippen LogP contribution in [0.15, 0.2) is 0 Å². The fourth-order valence-corrected chi connectivity index (χ4v) is 1.69. The third-order valence-electron chi connectivity index (χ3n) is 2.39. The summed E-state index contributed by atoms with van der Waals surface area (Å²) in [5, 5.41) is 3.31. The van der Waals surface area contributed by atoms with Crippen molar-refractivity contribution in [1.29, 1.82) is 0 Å². The van der Waals surface area contributed by atoms with E-state index in [1.165, 1.54) is 0 Å². The van der Waals surface area contributed by atoms with Gasteiger partial charge in [-0.15, -0.1) is 0 Å². The van der Waals surface area contributed by atoms with Gasteiger partial charge in [0.05, 0.1) is 11.8 Å². The van der Waals surface area contributed by atoms with E-state index in [9.17, 15) is 4.79 Å². The molecule has 0 aromatic heterocycles. The zero-order valence-electron chi connectivity index (χ0n) is 12.3. The van der Waals surface area contributed by atoms with Crippen molar-refractivity contribution in [2.75, 3.05) is 13.1 Å². The summed E-state index contributed by atoms with van der Waals surface area (Å²) in [5.41, 5.74) is -0.384. The van der Waals surface area contributed by atoms with Crippen molar-refractivity contribution >= 4 is 6.09 Å². The van der Waals surface area contributed by atoms with Gasteiger partial charge >= 0.3 is 6.09 Å². The zero-order valence-corrected chi connectivity index (χ0v) is 12.3. The standard InChI is InChI=1S/C13H28N2O2/c1-8-14-13(6,7)15(9-10(2)3)12(16)17-11(4)5/h10-11,14H,8-9H2,1-7H3. The molecule has 0 fully saturated rings. The third kappa shape index (κ3) is 5.91. The SMILES string of the molecule is CCNC(C)(C)N(CC(C)C)C(=O)OC(C)C. The van der Waals surface area contributed by atoms with Crippen LogP contribution in [0.2, 0.25) is 0 Å². The molecule has 0 atom stereocenters. The fraction of sp³-hybridized carbons (Fsp3) is 0.923. The van der Waals surface area contributed by atoms with Crippen molar-refractivity contribution in [2.45, 2.75) is 60.2 Å². The summed E-state index contributed by atoms with van der Waals surface area (Å²) in [6.45, 7) is 15.5. The van der Waals surface area contributed by atoms with Crippen molar-refractivity contribution in [1.82, 2.24) is 10.2 Å². The van der Waals surface area contributed by atoms with Gasteiger partial charge in [0, 0.05) is 6.54 Å². The summed E-state index contributed by atoms with van der Waals surface area (Å²) in [7, 11) is 0. The molecular weight excluding hydrogens is 216 g/mol. The number of nitrogens with zero attached hydrogens (tertiary/aromatic N) is 1. The van der Waals surface area contributed by atoms with Crippen LogP contribution in [0.4, 0.5) is 4.79 Å². The number of amides is 1. The molecule has 0 aromatic rings. The van der Waals surface area contributed by atoms with Gasteiger partial charge in [-0.1, -0.05) is 20.8 Å². The average molecular weight is 244 g/mol. The lowest BCUT2D eigenvalue weighted by Crippen LogP contribution is -2.58. The Kier molecular flexibility index (Phi) is 6.53. The van der Waals surface area contributed by atoms with Gasteiger partial charge in [-0.2, -0.15) is 0 Å². The minimum Gasteiger partial charge on any atom is -0.447 e. The van der Waals surface area contributed by atoms with E-state index < -0.39 is 0 Å². The molecule has 0 unspecified atom stereocenters. The molecule has 0 bridgehead atoms. The van der Waals surface area contributed by atoms with Gasteiger partial charge < -0.3 is 4.74 Å². The molecular formula is C13H28N2O2. The van der Waals surface area contributed by atoms with Crippen molar-refractivity contribution < 1.29 is 9.53 Å². The Morgan fingerprint density at radius 3 is 2.18 bits per heavy atom. The number of hydrogen-bond acceptors (Lipinski definition) is 3. The molecule has 4 heteroatoms. The van der Waals surface area contributed by atoms with E-state index in [0.29, 0.717) is 12.5 Å². The summed E-state index contributed by atoms with van der Waals surface area (Å²) in [5.74, 6) is 0.410. The first-order valence-electron chi connectivity index (χ1n) is 6.44. The number of nitrogens with one attached hydrogen (secondary N) is 1. The van der Waals surface area contributed by atoms with E-state index in [1.54, 1.807) is 4.90 Å². The van der Waals surface area contributed by atoms with Crippen LogP contribution in [-0.2, 0) is 4.74 Å². The van der Waals surface area contributed by atoms with Crippen LogP contribution < -0.4 is 5.32 Å². The second kappa shape index (κ2) is 6.84. The quantitative estimate of drug-likeness (QED) is 0.730. The Hall–Kier alpha value is -0.770. The van der Waals surface area contributed by atoms with Gasteiger partial charge in [0.1, 0.15) is 0 Å². The highest BCUT2D eigenvalue weighted by Gasteiger charge is 2.31. The fourth-order valence-electron chi connectivity index (χ4n) is 1.69. The predicted octanol–water partition coefficient (Wildman–Crippen LogP) is 2.84. The summed E-state index contributed by atoms with van der Waals surface area (Å²) >= 11 is 0. The maximum Gasteiger partial charge on any atom is 0.411 e. The molecule has 0 aromatic carbocycles. The molecule has 0 radical (unpaired) electrons. The van der Waals surface area contributed by atoms with E-state index in [2.05, 4.69) is 19.2 Å². The van der Waals surface area contributed by atoms with Crippen LogP contribution in [0.1, 0.15) is 48.5 Å². The molecule has 0 saturated carbocycles. The van der Waals surface area contributed by atoms with Crippen molar-refractivity contribution in [2.24, 2.45) is 5.92 Å². The van der Waals surface area contributed by atoms with Crippen LogP contribution in [0.5, 0.6) is 0 Å². The van der Waals surface area contributed by atoms with E-state index in [1.807, 2.05) is 34.6 Å². The maximum absolute atomic E-state index is 12.1. The minimum atomic E-state index is -0.384. The number of carbonyl (C=O) groups excluding carboxylic acids is 1. The molecule has 0 rings (SSSR count). The van der Waals surface area contributed by atoms with Gasteiger partial charge in [0.2, 0.25) is 0 Å². The van der Waals surface area contributed by atoms with Gasteiger partial charge in [-0.3, -0.25) is 10.2 Å². The largest absolute Gasteiger partial charge is 0.447 e. The van der Waals surface area contributed by atoms with Crippen LogP contribution in [-0.4, -0.2) is 35.8 Å². The Morgan fingerprint density at radius 1 is 1.29 bits per heavy atom. The number of rotatable bonds is 6. The summed E-state index contributed by atoms with van der Waals surface area (Å²) < 4.78 is 5.29. The summed E-state index contributed by atoms with van der Waals surface area (Å²) in [6.07, 6.45) is -0.339. The van der Waals surface area contributed by atoms with E-state index in [-0.39, 0.29) is 17.9 Å². The molecule has 102 valence electrons. The molecule has 0 aliphatic rings. The third-order valence-corrected chi connectivity index (χ3v) is 2.39. The first-order chi connectivity index (χ1) is 7.70. The van der Waals surface area contributed by atoms with Gasteiger partial charge in [-0.05, 0) is 40.2 Å².